The van der Waals surface area contributed by atoms with Gasteiger partial charge < -0.3 is 5.32 Å². The molecule has 1 atom stereocenters. The summed E-state index contributed by atoms with van der Waals surface area (Å²) in [6.45, 7) is 10.1. The Balaban J connectivity index is 1.67. The molecule has 7 nitrogen and oxygen atoms in total. The predicted octanol–water partition coefficient (Wildman–Crippen LogP) is 4.00. The Kier molecular flexibility index (Phi) is 5.84. The summed E-state index contributed by atoms with van der Waals surface area (Å²) >= 11 is 0. The van der Waals surface area contributed by atoms with Crippen LogP contribution in [0, 0.1) is 19.8 Å². The topological polar surface area (TPSA) is 77.6 Å². The van der Waals surface area contributed by atoms with Gasteiger partial charge in [-0.25, -0.2) is 9.67 Å². The quantitative estimate of drug-likeness (QED) is 0.494. The molecule has 0 aliphatic rings. The molecular weight excluding hydrogens is 388 g/mol. The number of fused-ring (bicyclic) bond motifs is 1. The molecule has 1 amide bonds. The Morgan fingerprint density at radius 2 is 1.97 bits per heavy atom. The van der Waals surface area contributed by atoms with Gasteiger partial charge in [-0.05, 0) is 38.8 Å². The van der Waals surface area contributed by atoms with Crippen LogP contribution in [0.2, 0.25) is 0 Å². The van der Waals surface area contributed by atoms with E-state index in [0.717, 1.165) is 34.5 Å². The second-order valence-corrected chi connectivity index (χ2v) is 8.06. The summed E-state index contributed by atoms with van der Waals surface area (Å²) in [6, 6.07) is 12.0. The number of carbonyl (C=O) groups excluding carboxylic acids is 1. The highest BCUT2D eigenvalue weighted by Gasteiger charge is 2.20. The molecule has 1 N–H and O–H groups in total. The number of hydrogen-bond donors (Lipinski definition) is 1. The van der Waals surface area contributed by atoms with Crippen LogP contribution in [0.4, 0.5) is 0 Å². The molecule has 160 valence electrons. The van der Waals surface area contributed by atoms with Crippen molar-refractivity contribution in [3.8, 4) is 11.3 Å². The molecule has 4 rings (SSSR count). The van der Waals surface area contributed by atoms with E-state index in [9.17, 15) is 4.79 Å². The molecule has 0 saturated carbocycles. The molecule has 0 aliphatic carbocycles. The molecule has 0 aliphatic heterocycles. The predicted molar refractivity (Wildman–Crippen MR) is 122 cm³/mol. The van der Waals surface area contributed by atoms with Crippen molar-refractivity contribution >= 4 is 16.9 Å². The lowest BCUT2D eigenvalue weighted by Gasteiger charge is -2.14. The number of rotatable bonds is 7. The van der Waals surface area contributed by atoms with Gasteiger partial charge in [-0.15, -0.1) is 0 Å². The van der Waals surface area contributed by atoms with E-state index >= 15 is 0 Å². The largest absolute Gasteiger partial charge is 0.352 e. The number of aryl methyl sites for hydroxylation is 3. The van der Waals surface area contributed by atoms with Crippen LogP contribution in [0.5, 0.6) is 0 Å². The fourth-order valence-corrected chi connectivity index (χ4v) is 3.78. The highest BCUT2D eigenvalue weighted by Crippen LogP contribution is 2.27. The molecule has 1 aromatic carbocycles. The van der Waals surface area contributed by atoms with Gasteiger partial charge in [0.15, 0.2) is 5.65 Å². The summed E-state index contributed by atoms with van der Waals surface area (Å²) in [5, 5.41) is 12.8. The van der Waals surface area contributed by atoms with Crippen molar-refractivity contribution in [1.29, 1.82) is 0 Å². The van der Waals surface area contributed by atoms with Crippen molar-refractivity contribution in [2.75, 3.05) is 6.54 Å². The monoisotopic (exact) mass is 416 g/mol. The van der Waals surface area contributed by atoms with E-state index in [1.807, 2.05) is 53.7 Å². The Morgan fingerprint density at radius 3 is 2.65 bits per heavy atom. The van der Waals surface area contributed by atoms with Gasteiger partial charge in [-0.2, -0.15) is 10.2 Å². The number of pyridine rings is 1. The molecule has 3 aromatic heterocycles. The van der Waals surface area contributed by atoms with Gasteiger partial charge in [-0.3, -0.25) is 9.48 Å². The van der Waals surface area contributed by atoms with Gasteiger partial charge in [-0.1, -0.05) is 36.8 Å². The molecule has 31 heavy (non-hydrogen) atoms. The van der Waals surface area contributed by atoms with Crippen LogP contribution in [0.15, 0.2) is 48.8 Å². The Bertz CT molecular complexity index is 1190. The highest BCUT2D eigenvalue weighted by atomic mass is 16.1. The molecule has 0 fully saturated rings. The van der Waals surface area contributed by atoms with Crippen LogP contribution < -0.4 is 5.32 Å². The van der Waals surface area contributed by atoms with Crippen molar-refractivity contribution < 1.29 is 4.79 Å². The number of nitrogens with zero attached hydrogens (tertiary/aromatic N) is 5. The average Bonchev–Trinajstić information content (AvgIpc) is 3.39. The van der Waals surface area contributed by atoms with E-state index in [1.165, 1.54) is 5.56 Å². The Hall–Kier alpha value is -3.48. The maximum atomic E-state index is 13.3. The maximum Gasteiger partial charge on any atom is 0.252 e. The summed E-state index contributed by atoms with van der Waals surface area (Å²) in [5.74, 6) is 0.143. The van der Waals surface area contributed by atoms with Crippen LogP contribution >= 0.6 is 0 Å². The first kappa shape index (κ1) is 20.8. The molecule has 0 radical (unpaired) electrons. The third-order valence-electron chi connectivity index (χ3n) is 5.44. The van der Waals surface area contributed by atoms with Crippen LogP contribution in [-0.2, 0) is 13.1 Å². The van der Waals surface area contributed by atoms with E-state index in [-0.39, 0.29) is 11.8 Å². The van der Waals surface area contributed by atoms with Crippen LogP contribution in [0.3, 0.4) is 0 Å². The molecular formula is C24H28N6O. The minimum atomic E-state index is -0.105. The third kappa shape index (κ3) is 4.35. The number of nitrogens with one attached hydrogen (secondary N) is 1. The molecule has 0 saturated heterocycles. The van der Waals surface area contributed by atoms with Crippen molar-refractivity contribution in [2.45, 2.75) is 40.8 Å². The summed E-state index contributed by atoms with van der Waals surface area (Å²) in [7, 11) is 0. The van der Waals surface area contributed by atoms with Gasteiger partial charge in [0.2, 0.25) is 0 Å². The molecule has 0 unspecified atom stereocenters. The Morgan fingerprint density at radius 1 is 1.19 bits per heavy atom. The number of carbonyl (C=O) groups is 1. The van der Waals surface area contributed by atoms with Crippen LogP contribution in [-0.4, -0.2) is 37.0 Å². The number of benzene rings is 1. The second-order valence-electron chi connectivity index (χ2n) is 8.06. The first-order chi connectivity index (χ1) is 15.0. The van der Waals surface area contributed by atoms with Gasteiger partial charge in [0.05, 0.1) is 22.3 Å². The minimum Gasteiger partial charge on any atom is -0.352 e. The fraction of sp³-hybridized carbons (Fsp3) is 0.333. The van der Waals surface area contributed by atoms with Crippen molar-refractivity contribution in [1.82, 2.24) is 29.9 Å². The zero-order valence-electron chi connectivity index (χ0n) is 18.5. The molecule has 7 heteroatoms. The van der Waals surface area contributed by atoms with E-state index in [1.54, 1.807) is 6.20 Å². The molecule has 3 heterocycles. The summed E-state index contributed by atoms with van der Waals surface area (Å²) in [6.07, 6.45) is 3.70. The second kappa shape index (κ2) is 8.71. The van der Waals surface area contributed by atoms with Gasteiger partial charge in [0.25, 0.3) is 5.91 Å². The first-order valence-electron chi connectivity index (χ1n) is 10.7. The summed E-state index contributed by atoms with van der Waals surface area (Å²) < 4.78 is 3.74. The van der Waals surface area contributed by atoms with E-state index in [2.05, 4.69) is 41.5 Å². The van der Waals surface area contributed by atoms with Gasteiger partial charge in [0, 0.05) is 37.6 Å². The lowest BCUT2D eigenvalue weighted by Crippen LogP contribution is -2.30. The van der Waals surface area contributed by atoms with E-state index < -0.39 is 0 Å². The Labute approximate surface area is 182 Å². The number of aromatic nitrogens is 5. The number of amides is 1. The van der Waals surface area contributed by atoms with Crippen molar-refractivity contribution in [3.63, 3.8) is 0 Å². The SMILES string of the molecule is CCn1nc(C)c2c(C(=O)NC[C@@H](C)Cn3cccn3)cc(-c3ccc(C)cc3)nc21. The average molecular weight is 417 g/mol. The smallest absolute Gasteiger partial charge is 0.252 e. The van der Waals surface area contributed by atoms with Crippen molar-refractivity contribution in [3.05, 3.63) is 65.6 Å². The van der Waals surface area contributed by atoms with Crippen molar-refractivity contribution in [2.24, 2.45) is 5.92 Å². The highest BCUT2D eigenvalue weighted by molar-refractivity contribution is 6.07. The van der Waals surface area contributed by atoms with Gasteiger partial charge in [0.1, 0.15) is 0 Å². The maximum absolute atomic E-state index is 13.3. The van der Waals surface area contributed by atoms with Crippen LogP contribution in [0.25, 0.3) is 22.3 Å². The molecule has 4 aromatic rings. The fourth-order valence-electron chi connectivity index (χ4n) is 3.78. The zero-order valence-corrected chi connectivity index (χ0v) is 18.5. The lowest BCUT2D eigenvalue weighted by atomic mass is 10.0. The van der Waals surface area contributed by atoms with Gasteiger partial charge >= 0.3 is 0 Å². The molecule has 0 bridgehead atoms. The zero-order chi connectivity index (χ0) is 22.0. The normalized spacial score (nSPS) is 12.3. The lowest BCUT2D eigenvalue weighted by molar-refractivity contribution is 0.0948. The van der Waals surface area contributed by atoms with E-state index in [4.69, 9.17) is 4.98 Å². The number of hydrogen-bond acceptors (Lipinski definition) is 4. The summed E-state index contributed by atoms with van der Waals surface area (Å²) in [5.41, 5.74) is 5.11. The first-order valence-corrected chi connectivity index (χ1v) is 10.7. The molecule has 0 spiro atoms. The summed E-state index contributed by atoms with van der Waals surface area (Å²) in [4.78, 5) is 18.1. The third-order valence-corrected chi connectivity index (χ3v) is 5.44. The standard InChI is InChI=1S/C24H28N6O/c1-5-30-23-22(18(4)28-30)20(13-21(27-23)19-9-7-16(2)8-10-19)24(31)25-14-17(3)15-29-12-6-11-26-29/h6-13,17H,5,14-15H2,1-4H3,(H,25,31)/t17-/m1/s1. The minimum absolute atomic E-state index is 0.105. The van der Waals surface area contributed by atoms with Crippen LogP contribution in [0.1, 0.15) is 35.5 Å². The van der Waals surface area contributed by atoms with E-state index in [0.29, 0.717) is 18.7 Å².